The quantitative estimate of drug-likeness (QED) is 0.178. The maximum Gasteiger partial charge on any atom is 0.333 e. The van der Waals surface area contributed by atoms with Gasteiger partial charge < -0.3 is 45.3 Å². The van der Waals surface area contributed by atoms with Gasteiger partial charge in [-0.15, -0.1) is 0 Å². The van der Waals surface area contributed by atoms with Crippen molar-refractivity contribution >= 4 is 17.9 Å². The predicted octanol–water partition coefficient (Wildman–Crippen LogP) is -0.889. The van der Waals surface area contributed by atoms with Crippen molar-refractivity contribution in [2.45, 2.75) is 40.0 Å². The highest BCUT2D eigenvalue weighted by Gasteiger charge is 2.10. The highest BCUT2D eigenvalue weighted by Crippen LogP contribution is 2.02. The number of rotatable bonds is 12. The van der Waals surface area contributed by atoms with Gasteiger partial charge in [0.2, 0.25) is 0 Å². The zero-order valence-corrected chi connectivity index (χ0v) is 24.4. The number of hydrogen-bond acceptors (Lipinski definition) is 6. The zero-order valence-electron chi connectivity index (χ0n) is 22.8. The lowest BCUT2D eigenvalue weighted by Crippen LogP contribution is -3.00. The number of hydrogen-bond donors (Lipinski definition) is 0. The van der Waals surface area contributed by atoms with Gasteiger partial charge in [0, 0.05) is 11.1 Å². The standard InChI is InChI=1S/2C9H18NO2.C7H12O2.BrH/c2*1-8(2)9(11)12-7-6-10(3,4)5;1-3-4-5-6(2)7(8)9;/h2*1,6-7H2,2-5H3;2-5H2,1H3,(H,8,9);1H/q2*+1;;/p-2. The third-order valence-corrected chi connectivity index (χ3v) is 3.81. The number of aliphatic carboxylic acids is 1. The molecule has 0 aliphatic carbocycles. The van der Waals surface area contributed by atoms with Gasteiger partial charge in [-0.05, 0) is 32.3 Å². The first-order valence-electron chi connectivity index (χ1n) is 11.0. The van der Waals surface area contributed by atoms with Crippen molar-refractivity contribution < 1.29 is 54.9 Å². The maximum atomic E-state index is 10.9. The molecule has 0 aromatic heterocycles. The fraction of sp³-hybridized carbons (Fsp3) is 0.640. The van der Waals surface area contributed by atoms with Crippen LogP contribution in [0, 0.1) is 0 Å². The molecule has 0 saturated carbocycles. The molecular formula is C25H47BrN2O6. The molecule has 9 heteroatoms. The van der Waals surface area contributed by atoms with Gasteiger partial charge in [-0.25, -0.2) is 9.59 Å². The van der Waals surface area contributed by atoms with E-state index in [0.29, 0.717) is 30.8 Å². The zero-order chi connectivity index (χ0) is 26.8. The van der Waals surface area contributed by atoms with E-state index in [9.17, 15) is 19.5 Å². The SMILES string of the molecule is C=C(C)C(=O)OCC[N+](C)(C)C.C=C(C)C(=O)OCC[N+](C)(C)C.C=C(CCCC)C(=O)[O-].[Br-]. The van der Waals surface area contributed by atoms with Crippen LogP contribution in [0.1, 0.15) is 40.0 Å². The van der Waals surface area contributed by atoms with E-state index in [1.807, 2.05) is 6.92 Å². The van der Waals surface area contributed by atoms with Gasteiger partial charge in [0.25, 0.3) is 0 Å². The highest BCUT2D eigenvalue weighted by atomic mass is 79.9. The van der Waals surface area contributed by atoms with Crippen LogP contribution in [0.15, 0.2) is 36.5 Å². The second-order valence-corrected chi connectivity index (χ2v) is 9.85. The number of carboxylic acid groups (broad SMARTS) is 1. The molecule has 0 atom stereocenters. The lowest BCUT2D eigenvalue weighted by atomic mass is 10.1. The van der Waals surface area contributed by atoms with E-state index in [0.717, 1.165) is 34.9 Å². The number of carbonyl (C=O) groups excluding carboxylic acids is 3. The van der Waals surface area contributed by atoms with E-state index < -0.39 is 5.97 Å². The van der Waals surface area contributed by atoms with Gasteiger partial charge in [0.15, 0.2) is 0 Å². The summed E-state index contributed by atoms with van der Waals surface area (Å²) < 4.78 is 11.4. The van der Waals surface area contributed by atoms with Gasteiger partial charge in [-0.3, -0.25) is 0 Å². The minimum Gasteiger partial charge on any atom is -1.00 e. The van der Waals surface area contributed by atoms with Crippen LogP contribution in [-0.4, -0.2) is 95.5 Å². The van der Waals surface area contributed by atoms with Crippen molar-refractivity contribution in [3.63, 3.8) is 0 Å². The summed E-state index contributed by atoms with van der Waals surface area (Å²) in [5.41, 5.74) is 1.12. The molecule has 0 amide bonds. The van der Waals surface area contributed by atoms with Crippen molar-refractivity contribution in [3.8, 4) is 0 Å². The van der Waals surface area contributed by atoms with Gasteiger partial charge in [-0.1, -0.05) is 33.1 Å². The summed E-state index contributed by atoms with van der Waals surface area (Å²) in [5.74, 6) is -1.73. The molecule has 0 bridgehead atoms. The van der Waals surface area contributed by atoms with Crippen molar-refractivity contribution in [1.29, 1.82) is 0 Å². The number of esters is 2. The Morgan fingerprint density at radius 1 is 0.765 bits per heavy atom. The Labute approximate surface area is 217 Å². The van der Waals surface area contributed by atoms with E-state index in [4.69, 9.17) is 9.47 Å². The number of carbonyl (C=O) groups is 3. The average Bonchev–Trinajstić information content (AvgIpc) is 2.64. The lowest BCUT2D eigenvalue weighted by molar-refractivity contribution is -0.870. The number of unbranched alkanes of at least 4 members (excludes halogenated alkanes) is 1. The average molecular weight is 552 g/mol. The summed E-state index contributed by atoms with van der Waals surface area (Å²) in [6, 6.07) is 0. The smallest absolute Gasteiger partial charge is 0.333 e. The third kappa shape index (κ3) is 32.2. The lowest BCUT2D eigenvalue weighted by Gasteiger charge is -2.23. The van der Waals surface area contributed by atoms with Crippen molar-refractivity contribution in [1.82, 2.24) is 0 Å². The monoisotopic (exact) mass is 550 g/mol. The first kappa shape index (κ1) is 39.3. The van der Waals surface area contributed by atoms with Crippen molar-refractivity contribution in [2.75, 3.05) is 68.6 Å². The number of carboxylic acids is 1. The van der Waals surface area contributed by atoms with Crippen molar-refractivity contribution in [3.05, 3.63) is 36.5 Å². The van der Waals surface area contributed by atoms with E-state index in [2.05, 4.69) is 62.0 Å². The molecule has 0 fully saturated rings. The van der Waals surface area contributed by atoms with Crippen LogP contribution in [0.5, 0.6) is 0 Å². The Bertz CT molecular complexity index is 619. The van der Waals surface area contributed by atoms with Crippen LogP contribution in [-0.2, 0) is 23.9 Å². The molecule has 0 spiro atoms. The van der Waals surface area contributed by atoms with E-state index >= 15 is 0 Å². The minimum atomic E-state index is -1.12. The molecule has 0 unspecified atom stereocenters. The number of nitrogens with zero attached hydrogens (tertiary/aromatic N) is 2. The molecule has 0 heterocycles. The molecule has 8 nitrogen and oxygen atoms in total. The molecular weight excluding hydrogens is 504 g/mol. The largest absolute Gasteiger partial charge is 1.00 e. The first-order valence-corrected chi connectivity index (χ1v) is 11.0. The number of halogens is 1. The van der Waals surface area contributed by atoms with Gasteiger partial charge in [-0.2, -0.15) is 0 Å². The molecule has 0 radical (unpaired) electrons. The van der Waals surface area contributed by atoms with E-state index in [1.165, 1.54) is 0 Å². The molecule has 34 heavy (non-hydrogen) atoms. The first-order chi connectivity index (χ1) is 14.8. The van der Waals surface area contributed by atoms with Crippen LogP contribution in [0.2, 0.25) is 0 Å². The van der Waals surface area contributed by atoms with Crippen LogP contribution in [0.4, 0.5) is 0 Å². The Hall–Kier alpha value is -1.97. The maximum absolute atomic E-state index is 10.9. The second-order valence-electron chi connectivity index (χ2n) is 9.85. The summed E-state index contributed by atoms with van der Waals surface area (Å²) >= 11 is 0. The molecule has 0 aromatic carbocycles. The Morgan fingerprint density at radius 2 is 1.09 bits per heavy atom. The van der Waals surface area contributed by atoms with E-state index in [1.54, 1.807) is 13.8 Å². The van der Waals surface area contributed by atoms with Crippen LogP contribution < -0.4 is 22.1 Å². The normalized spacial score (nSPS) is 10.1. The molecule has 0 rings (SSSR count). The number of ether oxygens (including phenoxy) is 2. The number of likely N-dealkylation sites (N-methyl/N-ethyl adjacent to an activating group) is 2. The van der Waals surface area contributed by atoms with Gasteiger partial charge in [0.05, 0.1) is 48.3 Å². The summed E-state index contributed by atoms with van der Waals surface area (Å²) in [4.78, 5) is 31.8. The fourth-order valence-electron chi connectivity index (χ4n) is 1.56. The van der Waals surface area contributed by atoms with Gasteiger partial charge in [0.1, 0.15) is 26.3 Å². The third-order valence-electron chi connectivity index (χ3n) is 3.81. The molecule has 0 aliphatic rings. The summed E-state index contributed by atoms with van der Waals surface area (Å²) in [7, 11) is 12.3. The number of quaternary nitrogens is 2. The topological polar surface area (TPSA) is 92.7 Å². The van der Waals surface area contributed by atoms with E-state index in [-0.39, 0.29) is 34.5 Å². The summed E-state index contributed by atoms with van der Waals surface area (Å²) in [6.07, 6.45) is 2.43. The predicted molar refractivity (Wildman–Crippen MR) is 131 cm³/mol. The Balaban J connectivity index is -0.000000198. The molecule has 0 saturated heterocycles. The van der Waals surface area contributed by atoms with Crippen LogP contribution in [0.25, 0.3) is 0 Å². The summed E-state index contributed by atoms with van der Waals surface area (Å²) in [5, 5.41) is 9.99. The van der Waals surface area contributed by atoms with Crippen LogP contribution in [0.3, 0.4) is 0 Å². The van der Waals surface area contributed by atoms with Crippen molar-refractivity contribution in [2.24, 2.45) is 0 Å². The summed E-state index contributed by atoms with van der Waals surface area (Å²) in [6.45, 7) is 18.2. The Morgan fingerprint density at radius 3 is 1.29 bits per heavy atom. The Kier molecular flexibility index (Phi) is 23.6. The molecule has 0 N–H and O–H groups in total. The van der Waals surface area contributed by atoms with Crippen LogP contribution >= 0.6 is 0 Å². The highest BCUT2D eigenvalue weighted by molar-refractivity contribution is 5.87. The second kappa shape index (κ2) is 20.4. The fourth-order valence-corrected chi connectivity index (χ4v) is 1.56. The van der Waals surface area contributed by atoms with Gasteiger partial charge >= 0.3 is 11.9 Å². The molecule has 0 aliphatic heterocycles. The molecule has 0 aromatic rings. The molecule has 200 valence electrons. The minimum absolute atomic E-state index is 0.